The van der Waals surface area contributed by atoms with E-state index in [0.29, 0.717) is 0 Å². The lowest BCUT2D eigenvalue weighted by atomic mass is 10.1. The second kappa shape index (κ2) is 9.93. The van der Waals surface area contributed by atoms with Crippen molar-refractivity contribution >= 4 is 31.9 Å². The Morgan fingerprint density at radius 1 is 1.11 bits per heavy atom. The van der Waals surface area contributed by atoms with E-state index in [2.05, 4.69) is 49.1 Å². The predicted molar refractivity (Wildman–Crippen MR) is 84.7 cm³/mol. The second-order valence-corrected chi connectivity index (χ2v) is 6.30. The van der Waals surface area contributed by atoms with Crippen LogP contribution in [0, 0.1) is 0 Å². The van der Waals surface area contributed by atoms with Crippen molar-refractivity contribution in [3.8, 4) is 0 Å². The number of nitrogens with one attached hydrogen (secondary N) is 1. The van der Waals surface area contributed by atoms with Gasteiger partial charge in [-0.05, 0) is 50.9 Å². The van der Waals surface area contributed by atoms with Crippen molar-refractivity contribution < 1.29 is 0 Å². The van der Waals surface area contributed by atoms with Crippen molar-refractivity contribution in [1.29, 1.82) is 0 Å². The van der Waals surface area contributed by atoms with Crippen LogP contribution in [0.4, 0.5) is 0 Å². The summed E-state index contributed by atoms with van der Waals surface area (Å²) in [6.45, 7) is 4.17. The van der Waals surface area contributed by atoms with Crippen molar-refractivity contribution in [2.24, 2.45) is 0 Å². The molecule has 0 saturated heterocycles. The highest BCUT2D eigenvalue weighted by Gasteiger charge is 2.01. The van der Waals surface area contributed by atoms with Crippen LogP contribution >= 0.6 is 31.9 Å². The quantitative estimate of drug-likeness (QED) is 0.608. The van der Waals surface area contributed by atoms with E-state index in [9.17, 15) is 0 Å². The number of pyridine rings is 1. The van der Waals surface area contributed by atoms with Gasteiger partial charge in [0, 0.05) is 21.7 Å². The molecule has 1 aromatic heterocycles. The van der Waals surface area contributed by atoms with Gasteiger partial charge in [-0.15, -0.1) is 0 Å². The van der Waals surface area contributed by atoms with Crippen LogP contribution in [0.25, 0.3) is 0 Å². The lowest BCUT2D eigenvalue weighted by Crippen LogP contribution is -2.15. The van der Waals surface area contributed by atoms with E-state index in [0.717, 1.165) is 27.7 Å². The number of halogens is 2. The number of hydrogen-bond acceptors (Lipinski definition) is 2. The molecule has 1 N–H and O–H groups in total. The van der Waals surface area contributed by atoms with Crippen LogP contribution in [0.15, 0.2) is 21.2 Å². The fraction of sp³-hybridized carbons (Fsp3) is 0.643. The van der Waals surface area contributed by atoms with Crippen LogP contribution in [0.1, 0.15) is 51.1 Å². The van der Waals surface area contributed by atoms with E-state index in [1.54, 1.807) is 0 Å². The summed E-state index contributed by atoms with van der Waals surface area (Å²) in [6.07, 6.45) is 9.89. The van der Waals surface area contributed by atoms with Crippen molar-refractivity contribution in [3.63, 3.8) is 0 Å². The Hall–Kier alpha value is 0.0700. The van der Waals surface area contributed by atoms with Gasteiger partial charge >= 0.3 is 0 Å². The molecule has 4 heteroatoms. The van der Waals surface area contributed by atoms with Gasteiger partial charge in [0.25, 0.3) is 0 Å². The molecule has 0 radical (unpaired) electrons. The molecule has 0 aliphatic carbocycles. The first-order valence-electron chi connectivity index (χ1n) is 6.74. The van der Waals surface area contributed by atoms with Crippen LogP contribution in [-0.2, 0) is 6.54 Å². The Kier molecular flexibility index (Phi) is 8.90. The van der Waals surface area contributed by atoms with Gasteiger partial charge < -0.3 is 5.32 Å². The zero-order valence-electron chi connectivity index (χ0n) is 11.0. The molecule has 0 aromatic carbocycles. The fourth-order valence-electron chi connectivity index (χ4n) is 1.81. The molecule has 1 aromatic rings. The van der Waals surface area contributed by atoms with Gasteiger partial charge in [-0.3, -0.25) is 4.98 Å². The standard InChI is InChI=1S/C14H22Br2N2/c1-2-3-4-5-6-7-8-17-11-14-13(16)9-12(15)10-18-14/h9-10,17H,2-8,11H2,1H3. The van der Waals surface area contributed by atoms with Crippen LogP contribution < -0.4 is 5.32 Å². The minimum Gasteiger partial charge on any atom is -0.311 e. The molecule has 0 atom stereocenters. The highest BCUT2D eigenvalue weighted by atomic mass is 79.9. The third-order valence-electron chi connectivity index (χ3n) is 2.88. The highest BCUT2D eigenvalue weighted by molar-refractivity contribution is 9.11. The summed E-state index contributed by atoms with van der Waals surface area (Å²) in [4.78, 5) is 4.38. The first-order chi connectivity index (χ1) is 8.74. The molecule has 1 rings (SSSR count). The summed E-state index contributed by atoms with van der Waals surface area (Å²) in [7, 11) is 0. The Bertz CT molecular complexity index is 343. The second-order valence-electron chi connectivity index (χ2n) is 4.53. The first kappa shape index (κ1) is 16.1. The minimum atomic E-state index is 0.836. The zero-order chi connectivity index (χ0) is 13.2. The molecule has 0 unspecified atom stereocenters. The summed E-state index contributed by atoms with van der Waals surface area (Å²) in [5.74, 6) is 0. The smallest absolute Gasteiger partial charge is 0.0684 e. The third-order valence-corrected chi connectivity index (χ3v) is 4.00. The Morgan fingerprint density at radius 3 is 2.56 bits per heavy atom. The monoisotopic (exact) mass is 376 g/mol. The first-order valence-corrected chi connectivity index (χ1v) is 8.33. The molecular weight excluding hydrogens is 356 g/mol. The van der Waals surface area contributed by atoms with Crippen LogP contribution in [0.3, 0.4) is 0 Å². The molecule has 0 spiro atoms. The van der Waals surface area contributed by atoms with E-state index >= 15 is 0 Å². The Balaban J connectivity index is 2.07. The normalized spacial score (nSPS) is 10.8. The van der Waals surface area contributed by atoms with Crippen LogP contribution in [0.2, 0.25) is 0 Å². The maximum atomic E-state index is 4.38. The van der Waals surface area contributed by atoms with E-state index in [1.807, 2.05) is 12.3 Å². The van der Waals surface area contributed by atoms with Crippen LogP contribution in [0.5, 0.6) is 0 Å². The molecule has 1 heterocycles. The van der Waals surface area contributed by atoms with Gasteiger partial charge in [0.2, 0.25) is 0 Å². The molecule has 0 aliphatic heterocycles. The maximum absolute atomic E-state index is 4.38. The van der Waals surface area contributed by atoms with Crippen molar-refractivity contribution in [3.05, 3.63) is 26.9 Å². The lowest BCUT2D eigenvalue weighted by Gasteiger charge is -2.06. The van der Waals surface area contributed by atoms with Crippen molar-refractivity contribution in [2.45, 2.75) is 52.0 Å². The van der Waals surface area contributed by atoms with Gasteiger partial charge in [-0.25, -0.2) is 0 Å². The molecule has 0 amide bonds. The molecule has 0 fully saturated rings. The molecule has 0 bridgehead atoms. The largest absolute Gasteiger partial charge is 0.311 e. The summed E-state index contributed by atoms with van der Waals surface area (Å²) < 4.78 is 2.07. The van der Waals surface area contributed by atoms with Crippen molar-refractivity contribution in [1.82, 2.24) is 10.3 Å². The number of hydrogen-bond donors (Lipinski definition) is 1. The number of rotatable bonds is 9. The Morgan fingerprint density at radius 2 is 1.83 bits per heavy atom. The van der Waals surface area contributed by atoms with Gasteiger partial charge in [0.15, 0.2) is 0 Å². The number of nitrogens with zero attached hydrogens (tertiary/aromatic N) is 1. The molecule has 0 aliphatic rings. The highest BCUT2D eigenvalue weighted by Crippen LogP contribution is 2.19. The van der Waals surface area contributed by atoms with Gasteiger partial charge in [-0.1, -0.05) is 39.0 Å². The van der Waals surface area contributed by atoms with Gasteiger partial charge in [-0.2, -0.15) is 0 Å². The van der Waals surface area contributed by atoms with E-state index in [1.165, 1.54) is 38.5 Å². The molecule has 0 saturated carbocycles. The summed E-state index contributed by atoms with van der Waals surface area (Å²) >= 11 is 6.93. The molecule has 18 heavy (non-hydrogen) atoms. The summed E-state index contributed by atoms with van der Waals surface area (Å²) in [5, 5.41) is 3.45. The Labute approximate surface area is 127 Å². The van der Waals surface area contributed by atoms with Crippen LogP contribution in [-0.4, -0.2) is 11.5 Å². The number of aromatic nitrogens is 1. The zero-order valence-corrected chi connectivity index (χ0v) is 14.2. The molecular formula is C14H22Br2N2. The minimum absolute atomic E-state index is 0.836. The predicted octanol–water partition coefficient (Wildman–Crippen LogP) is 5.06. The maximum Gasteiger partial charge on any atom is 0.0684 e. The SMILES string of the molecule is CCCCCCCCNCc1ncc(Br)cc1Br. The average Bonchev–Trinajstić information content (AvgIpc) is 2.35. The molecule has 2 nitrogen and oxygen atoms in total. The van der Waals surface area contributed by atoms with E-state index in [4.69, 9.17) is 0 Å². The fourth-order valence-corrected chi connectivity index (χ4v) is 2.94. The topological polar surface area (TPSA) is 24.9 Å². The lowest BCUT2D eigenvalue weighted by molar-refractivity contribution is 0.569. The van der Waals surface area contributed by atoms with E-state index in [-0.39, 0.29) is 0 Å². The number of unbranched alkanes of at least 4 members (excludes halogenated alkanes) is 5. The van der Waals surface area contributed by atoms with Gasteiger partial charge in [0.1, 0.15) is 0 Å². The summed E-state index contributed by atoms with van der Waals surface area (Å²) in [6, 6.07) is 2.04. The third kappa shape index (κ3) is 6.86. The van der Waals surface area contributed by atoms with Gasteiger partial charge in [0.05, 0.1) is 5.69 Å². The average molecular weight is 378 g/mol. The van der Waals surface area contributed by atoms with Crippen molar-refractivity contribution in [2.75, 3.05) is 6.54 Å². The summed E-state index contributed by atoms with van der Waals surface area (Å²) in [5.41, 5.74) is 1.07. The molecule has 102 valence electrons. The van der Waals surface area contributed by atoms with E-state index < -0.39 is 0 Å².